The minimum Gasteiger partial charge on any atom is -0.454 e. The van der Waals surface area contributed by atoms with E-state index in [0.29, 0.717) is 34.5 Å². The van der Waals surface area contributed by atoms with Crippen molar-refractivity contribution < 1.29 is 22.0 Å². The number of alkyl halides is 3. The molecule has 6 aromatic carbocycles. The molecule has 0 bridgehead atoms. The van der Waals surface area contributed by atoms with Crippen LogP contribution in [0.3, 0.4) is 0 Å². The molecule has 2 aromatic heterocycles. The van der Waals surface area contributed by atoms with Crippen molar-refractivity contribution >= 4 is 112 Å². The van der Waals surface area contributed by atoms with Gasteiger partial charge in [0.1, 0.15) is 17.2 Å². The molecule has 0 aliphatic rings. The maximum Gasteiger partial charge on any atom is 0.418 e. The molecule has 0 aliphatic carbocycles. The first-order chi connectivity index (χ1) is 25.1. The highest BCUT2D eigenvalue weighted by atomic mass is 127. The molecule has 0 radical (unpaired) electrons. The molecular weight excluding hydrogens is 889 g/mol. The van der Waals surface area contributed by atoms with Gasteiger partial charge in [0.15, 0.2) is 11.2 Å². The Balaban J connectivity index is 1.27. The zero-order valence-corrected chi connectivity index (χ0v) is 32.2. The third-order valence-corrected chi connectivity index (χ3v) is 11.6. The fourth-order valence-corrected chi connectivity index (χ4v) is 8.61. The summed E-state index contributed by atoms with van der Waals surface area (Å²) in [6.07, 6.45) is -3.04. The number of hydrogen-bond donors (Lipinski definition) is 0. The average Bonchev–Trinajstić information content (AvgIpc) is 3.75. The second-order valence-electron chi connectivity index (χ2n) is 12.4. The Bertz CT molecular complexity index is 2730. The van der Waals surface area contributed by atoms with Crippen LogP contribution in [-0.4, -0.2) is 0 Å². The Morgan fingerprint density at radius 2 is 1.12 bits per heavy atom. The first-order valence-electron chi connectivity index (χ1n) is 16.7. The van der Waals surface area contributed by atoms with Crippen LogP contribution in [0.4, 0.5) is 35.9 Å². The van der Waals surface area contributed by atoms with E-state index in [4.69, 9.17) is 8.83 Å². The summed E-state index contributed by atoms with van der Waals surface area (Å²) in [4.78, 5) is 0. The second kappa shape index (κ2) is 13.3. The number of aryl methyl sites for hydroxylation is 2. The van der Waals surface area contributed by atoms with Crippen LogP contribution in [-0.2, 0) is 19.0 Å². The Morgan fingerprint density at radius 3 is 1.75 bits per heavy atom. The van der Waals surface area contributed by atoms with Gasteiger partial charge in [-0.3, -0.25) is 6.23 Å². The predicted molar refractivity (Wildman–Crippen MR) is 220 cm³/mol. The lowest BCUT2D eigenvalue weighted by molar-refractivity contribution is -0.137. The minimum absolute atomic E-state index is 0.0166. The van der Waals surface area contributed by atoms with E-state index in [1.807, 2.05) is 87.5 Å². The lowest BCUT2D eigenvalue weighted by Gasteiger charge is -2.21. The number of furan rings is 2. The van der Waals surface area contributed by atoms with Gasteiger partial charge < -0.3 is 8.83 Å². The molecule has 52 heavy (non-hydrogen) atoms. The number of rotatable bonds is 7. The molecule has 0 saturated carbocycles. The predicted octanol–water partition coefficient (Wildman–Crippen LogP) is 14.1. The monoisotopic (exact) mass is 917 g/mol. The van der Waals surface area contributed by atoms with Crippen molar-refractivity contribution in [2.45, 2.75) is 32.9 Å². The molecule has 2 heterocycles. The van der Waals surface area contributed by atoms with Gasteiger partial charge in [-0.05, 0) is 72.0 Å². The van der Waals surface area contributed by atoms with Crippen LogP contribution in [0.1, 0.15) is 36.1 Å². The molecular formula is C42H28F3I2N3O2. The molecule has 0 atom stereocenters. The Morgan fingerprint density at radius 1 is 0.596 bits per heavy atom. The summed E-state index contributed by atoms with van der Waals surface area (Å²) in [6, 6.07) is 35.6. The molecule has 0 saturated heterocycles. The average molecular weight is 918 g/mol. The Hall–Kier alpha value is -4.74. The van der Waals surface area contributed by atoms with Crippen LogP contribution in [0, 0.1) is 11.3 Å². The van der Waals surface area contributed by atoms with Crippen LogP contribution in [0.2, 0.25) is 0 Å². The number of halogens is 5. The highest BCUT2D eigenvalue weighted by molar-refractivity contribution is 14.1. The molecule has 5 nitrogen and oxygen atoms in total. The third-order valence-electron chi connectivity index (χ3n) is 9.52. The summed E-state index contributed by atoms with van der Waals surface area (Å²) in [6.45, 7) is 4.14. The molecule has 8 aromatic rings. The van der Waals surface area contributed by atoms with Crippen molar-refractivity contribution in [3.63, 3.8) is 0 Å². The maximum absolute atomic E-state index is 14.0. The van der Waals surface area contributed by atoms with Gasteiger partial charge in [0, 0.05) is 27.1 Å². The van der Waals surface area contributed by atoms with E-state index in [1.54, 1.807) is 12.1 Å². The number of hydrogen-bond acceptors (Lipinski definition) is 5. The molecule has 8 rings (SSSR count). The zero-order chi connectivity index (χ0) is 36.3. The first-order valence-corrected chi connectivity index (χ1v) is 18.6. The summed E-state index contributed by atoms with van der Waals surface area (Å²) in [7, 11) is 0. The number of benzene rings is 6. The van der Waals surface area contributed by atoms with Gasteiger partial charge in [-0.25, -0.2) is 0 Å². The number of nitrogens with zero attached hydrogens (tertiary/aromatic N) is 3. The Kier molecular flexibility index (Phi) is 8.82. The molecule has 0 N–H and O–H groups in total. The van der Waals surface area contributed by atoms with E-state index >= 15 is 0 Å². The molecule has 0 unspecified atom stereocenters. The van der Waals surface area contributed by atoms with E-state index in [0.717, 1.165) is 73.1 Å². The van der Waals surface area contributed by atoms with Gasteiger partial charge in [0.05, 0.1) is 79.6 Å². The highest BCUT2D eigenvalue weighted by Gasteiger charge is 2.35. The van der Waals surface area contributed by atoms with E-state index in [9.17, 15) is 18.4 Å². The van der Waals surface area contributed by atoms with Crippen molar-refractivity contribution in [1.29, 1.82) is 5.26 Å². The molecule has 258 valence electrons. The number of anilines is 4. The van der Waals surface area contributed by atoms with Crippen LogP contribution >= 0.6 is 45.7 Å². The van der Waals surface area contributed by atoms with Crippen molar-refractivity contribution in [1.82, 2.24) is 0 Å². The molecule has 0 amide bonds. The topological polar surface area (TPSA) is 56.6 Å². The molecule has 0 aliphatic heterocycles. The Labute approximate surface area is 325 Å². The van der Waals surface area contributed by atoms with Crippen molar-refractivity contribution in [2.24, 2.45) is 0 Å². The second-order valence-corrected chi connectivity index (χ2v) is 14.3. The van der Waals surface area contributed by atoms with Crippen molar-refractivity contribution in [3.8, 4) is 17.2 Å². The lowest BCUT2D eigenvalue weighted by Crippen LogP contribution is -2.12. The maximum atomic E-state index is 14.0. The number of fused-ring (bicyclic) bond motifs is 6. The van der Waals surface area contributed by atoms with Gasteiger partial charge in [-0.1, -0.05) is 80.6 Å². The highest BCUT2D eigenvalue weighted by Crippen LogP contribution is 2.47. The fourth-order valence-electron chi connectivity index (χ4n) is 7.03. The largest absolute Gasteiger partial charge is 0.454 e. The number of para-hydroxylation sites is 4. The van der Waals surface area contributed by atoms with Crippen molar-refractivity contribution in [2.75, 3.05) is 6.23 Å². The zero-order valence-electron chi connectivity index (χ0n) is 27.9. The SMILES string of the molecule is CCc1cc(-c2cccc(N(I)c3cccc4c3oc3c(CC)cccc34)c2C#N)cc2c1oc1c(N(I)c3ccccc3C(F)(F)F)cccc12. The quantitative estimate of drug-likeness (QED) is 0.118. The normalized spacial score (nSPS) is 11.9. The van der Waals surface area contributed by atoms with Gasteiger partial charge in [0.25, 0.3) is 0 Å². The van der Waals surface area contributed by atoms with Crippen LogP contribution in [0.15, 0.2) is 118 Å². The molecule has 10 heteroatoms. The minimum atomic E-state index is -4.52. The summed E-state index contributed by atoms with van der Waals surface area (Å²) >= 11 is 4.15. The van der Waals surface area contributed by atoms with Crippen LogP contribution < -0.4 is 6.23 Å². The summed E-state index contributed by atoms with van der Waals surface area (Å²) in [5.41, 5.74) is 8.24. The van der Waals surface area contributed by atoms with Gasteiger partial charge in [0.2, 0.25) is 0 Å². The van der Waals surface area contributed by atoms with Crippen LogP contribution in [0.25, 0.3) is 55.0 Å². The smallest absolute Gasteiger partial charge is 0.418 e. The van der Waals surface area contributed by atoms with Crippen LogP contribution in [0.5, 0.6) is 0 Å². The fraction of sp³-hybridized carbons (Fsp3) is 0.119. The third kappa shape index (κ3) is 5.56. The van der Waals surface area contributed by atoms with Gasteiger partial charge in [-0.15, -0.1) is 0 Å². The van der Waals surface area contributed by atoms with Gasteiger partial charge >= 0.3 is 6.18 Å². The standard InChI is InChI=1S/C42H28F3I2N3O2/c1-3-24-11-7-13-28-29-14-9-19-36(40(29)51-38(24)28)49(46)34-18-8-12-27(32(34)23-48)26-21-25(4-2)39-31(22-26)30-15-10-20-37(41(30)52-39)50(47)35-17-6-5-16-33(35)42(43,44)45/h5-22H,3-4H2,1-2H3. The van der Waals surface area contributed by atoms with E-state index < -0.39 is 11.7 Å². The molecule has 0 fully saturated rings. The summed E-state index contributed by atoms with van der Waals surface area (Å²) < 4.78 is 58.5. The van der Waals surface area contributed by atoms with Gasteiger partial charge in [-0.2, -0.15) is 18.4 Å². The number of nitriles is 1. The first kappa shape index (κ1) is 34.4. The van der Waals surface area contributed by atoms with E-state index in [-0.39, 0.29) is 5.69 Å². The lowest BCUT2D eigenvalue weighted by atomic mass is 9.94. The van der Waals surface area contributed by atoms with E-state index in [1.165, 1.54) is 15.2 Å². The summed E-state index contributed by atoms with van der Waals surface area (Å²) in [5, 5.41) is 14.4. The van der Waals surface area contributed by atoms with Crippen molar-refractivity contribution in [3.05, 3.63) is 131 Å². The van der Waals surface area contributed by atoms with E-state index in [2.05, 4.69) is 60.1 Å². The summed E-state index contributed by atoms with van der Waals surface area (Å²) in [5.74, 6) is 0. The molecule has 0 spiro atoms.